The van der Waals surface area contributed by atoms with Crippen LogP contribution in [0.2, 0.25) is 0 Å². The topological polar surface area (TPSA) is 279 Å². The molecule has 20 nitrogen and oxygen atoms in total. The van der Waals surface area contributed by atoms with Crippen molar-refractivity contribution < 1.29 is 42.8 Å². The number of aromatic amines is 1. The first kappa shape index (κ1) is 31.7. The highest BCUT2D eigenvalue weighted by Crippen LogP contribution is 2.52. The molecule has 2 aliphatic rings. The van der Waals surface area contributed by atoms with E-state index in [0.29, 0.717) is 11.2 Å². The van der Waals surface area contributed by atoms with Gasteiger partial charge in [-0.3, -0.25) is 18.9 Å². The molecule has 4 aromatic heterocycles. The van der Waals surface area contributed by atoms with Crippen LogP contribution >= 0.6 is 6.72 Å². The molecular weight excluding hydrogens is 644 g/mol. The summed E-state index contributed by atoms with van der Waals surface area (Å²) in [7, 11) is 1.37. The summed E-state index contributed by atoms with van der Waals surface area (Å²) in [6, 6.07) is 0. The number of aliphatic hydroxyl groups excluding tert-OH is 2. The second-order valence-electron chi connectivity index (χ2n) is 10.5. The second-order valence-corrected chi connectivity index (χ2v) is 13.3. The van der Waals surface area contributed by atoms with Crippen molar-refractivity contribution in [3.05, 3.63) is 23.0 Å². The highest BCUT2D eigenvalue weighted by molar-refractivity contribution is 8.07. The predicted molar refractivity (Wildman–Crippen MR) is 153 cm³/mol. The number of imidazole rings is 1. The SMILES string of the molecule is CO[C@H]1[C@H](n2cnc3c(N)ncnc32)OC(C)(COP(O)(=S)O[C@@H]2[C@@H](F)[C@@H](CCO)O[C@H]2n2nnc3c(=O)[nH]c(N)nc32)[C@H]1O. The third-order valence-electron chi connectivity index (χ3n) is 7.58. The minimum atomic E-state index is -4.33. The molecule has 6 heterocycles. The number of ether oxygens (including phenoxy) is 3. The van der Waals surface area contributed by atoms with Crippen molar-refractivity contribution in [3.8, 4) is 0 Å². The third-order valence-corrected chi connectivity index (χ3v) is 9.12. The van der Waals surface area contributed by atoms with Crippen LogP contribution in [-0.4, -0.2) is 116 Å². The molecule has 9 atom stereocenters. The van der Waals surface area contributed by atoms with Crippen molar-refractivity contribution in [1.29, 1.82) is 0 Å². The number of aliphatic hydroxyl groups is 2. The van der Waals surface area contributed by atoms with E-state index in [-0.39, 0.29) is 29.4 Å². The van der Waals surface area contributed by atoms with Crippen LogP contribution in [0.5, 0.6) is 0 Å². The standard InChI is InChI=1S/C22H29FN11O9PS/c1-22(14(36)13(39-2)19(42-22)33-7-28-10-15(24)26-6-27-16(10)33)5-40-44(38,45)43-12-9(23)8(3-4-35)41-20(12)34-17-11(31-32-34)18(37)30-21(25)29-17/h6-9,12-14,19-20,35-36H,3-5H2,1-2H3,(H,38,45)(H2,24,26,27)(H3,25,29,30,37)/t8-,9+,12-,13-,14+,19-,20-,22?,44?/m1/s1. The molecule has 0 spiro atoms. The Kier molecular flexibility index (Phi) is 8.31. The molecule has 0 bridgehead atoms. The Balaban J connectivity index is 1.23. The zero-order valence-corrected chi connectivity index (χ0v) is 25.3. The molecule has 2 aliphatic heterocycles. The number of nitrogen functional groups attached to an aromatic ring is 2. The zero-order chi connectivity index (χ0) is 32.3. The largest absolute Gasteiger partial charge is 0.396 e. The number of rotatable bonds is 10. The number of H-pyrrole nitrogens is 1. The fourth-order valence-corrected chi connectivity index (χ4v) is 6.80. The minimum absolute atomic E-state index is 0.141. The van der Waals surface area contributed by atoms with E-state index in [9.17, 15) is 19.9 Å². The Morgan fingerprint density at radius 1 is 1.22 bits per heavy atom. The average Bonchev–Trinajstić information content (AvgIpc) is 3.73. The third kappa shape index (κ3) is 5.56. The number of methoxy groups -OCH3 is 1. The molecule has 45 heavy (non-hydrogen) atoms. The molecule has 8 N–H and O–H groups in total. The van der Waals surface area contributed by atoms with Crippen LogP contribution in [0.15, 0.2) is 17.4 Å². The lowest BCUT2D eigenvalue weighted by Gasteiger charge is -2.30. The molecule has 4 aromatic rings. The van der Waals surface area contributed by atoms with Crippen LogP contribution in [0, 0.1) is 0 Å². The van der Waals surface area contributed by atoms with E-state index in [1.807, 2.05) is 0 Å². The Bertz CT molecular complexity index is 1830. The lowest BCUT2D eigenvalue weighted by atomic mass is 9.98. The second kappa shape index (κ2) is 11.8. The summed E-state index contributed by atoms with van der Waals surface area (Å²) in [5.41, 5.74) is 9.59. The van der Waals surface area contributed by atoms with E-state index in [4.69, 9.17) is 46.5 Å². The molecule has 0 amide bonds. The highest BCUT2D eigenvalue weighted by atomic mass is 32.5. The van der Waals surface area contributed by atoms with Gasteiger partial charge in [0, 0.05) is 13.7 Å². The maximum Gasteiger partial charge on any atom is 0.325 e. The van der Waals surface area contributed by atoms with E-state index in [1.54, 1.807) is 0 Å². The van der Waals surface area contributed by atoms with Gasteiger partial charge in [0.2, 0.25) is 5.95 Å². The number of fused-ring (bicyclic) bond motifs is 2. The van der Waals surface area contributed by atoms with Crippen molar-refractivity contribution >= 4 is 52.6 Å². The van der Waals surface area contributed by atoms with Gasteiger partial charge in [-0.1, -0.05) is 5.21 Å². The van der Waals surface area contributed by atoms with Crippen LogP contribution < -0.4 is 17.0 Å². The van der Waals surface area contributed by atoms with E-state index in [2.05, 4.69) is 35.2 Å². The number of hydrogen-bond acceptors (Lipinski definition) is 17. The first-order valence-corrected chi connectivity index (χ1v) is 15.9. The summed E-state index contributed by atoms with van der Waals surface area (Å²) in [5, 5.41) is 28.3. The molecule has 2 saturated heterocycles. The molecule has 0 radical (unpaired) electrons. The number of nitrogens with two attached hydrogens (primary N) is 2. The normalized spacial score (nSPS) is 31.6. The molecule has 0 aromatic carbocycles. The van der Waals surface area contributed by atoms with E-state index in [1.165, 1.54) is 31.3 Å². The summed E-state index contributed by atoms with van der Waals surface area (Å²) in [6.07, 6.45) is -7.04. The Labute approximate surface area is 256 Å². The molecular formula is C22H29FN11O9PS. The van der Waals surface area contributed by atoms with Crippen LogP contribution in [0.4, 0.5) is 16.2 Å². The van der Waals surface area contributed by atoms with Gasteiger partial charge >= 0.3 is 6.72 Å². The van der Waals surface area contributed by atoms with Crippen molar-refractivity contribution in [2.45, 2.75) is 62.0 Å². The predicted octanol–water partition coefficient (Wildman–Crippen LogP) is -1.58. The van der Waals surface area contributed by atoms with Crippen molar-refractivity contribution in [1.82, 2.24) is 44.5 Å². The van der Waals surface area contributed by atoms with Crippen LogP contribution in [0.1, 0.15) is 25.8 Å². The van der Waals surface area contributed by atoms with E-state index < -0.39 is 74.1 Å². The summed E-state index contributed by atoms with van der Waals surface area (Å²) in [5.74, 6) is -0.122. The highest BCUT2D eigenvalue weighted by Gasteiger charge is 2.55. The lowest BCUT2D eigenvalue weighted by molar-refractivity contribution is -0.115. The summed E-state index contributed by atoms with van der Waals surface area (Å²) in [6.45, 7) is -3.80. The van der Waals surface area contributed by atoms with Gasteiger partial charge in [-0.15, -0.1) is 5.10 Å². The maximum absolute atomic E-state index is 15.7. The summed E-state index contributed by atoms with van der Waals surface area (Å²) < 4.78 is 46.8. The zero-order valence-electron chi connectivity index (χ0n) is 23.6. The number of alkyl halides is 1. The molecule has 2 unspecified atom stereocenters. The fourth-order valence-electron chi connectivity index (χ4n) is 5.34. The van der Waals surface area contributed by atoms with Gasteiger partial charge in [0.1, 0.15) is 35.8 Å². The van der Waals surface area contributed by atoms with Gasteiger partial charge in [-0.2, -0.15) is 9.67 Å². The Morgan fingerprint density at radius 3 is 2.73 bits per heavy atom. The summed E-state index contributed by atoms with van der Waals surface area (Å²) >= 11 is 5.22. The molecule has 23 heteroatoms. The molecule has 2 fully saturated rings. The molecule has 0 aliphatic carbocycles. The minimum Gasteiger partial charge on any atom is -0.396 e. The monoisotopic (exact) mass is 673 g/mol. The van der Waals surface area contributed by atoms with E-state index >= 15 is 4.39 Å². The molecule has 6 rings (SSSR count). The first-order chi connectivity index (χ1) is 21.4. The number of hydrogen-bond donors (Lipinski definition) is 6. The van der Waals surface area contributed by atoms with Gasteiger partial charge in [-0.25, -0.2) is 19.3 Å². The Morgan fingerprint density at radius 2 is 2.00 bits per heavy atom. The van der Waals surface area contributed by atoms with Gasteiger partial charge in [0.15, 0.2) is 41.3 Å². The first-order valence-electron chi connectivity index (χ1n) is 13.4. The average molecular weight is 674 g/mol. The van der Waals surface area contributed by atoms with Crippen LogP contribution in [0.3, 0.4) is 0 Å². The number of nitrogens with zero attached hydrogens (tertiary/aromatic N) is 8. The van der Waals surface area contributed by atoms with Crippen molar-refractivity contribution in [3.63, 3.8) is 0 Å². The Hall–Kier alpha value is -3.31. The van der Waals surface area contributed by atoms with Gasteiger partial charge in [0.05, 0.1) is 19.0 Å². The van der Waals surface area contributed by atoms with Crippen molar-refractivity contribution in [2.75, 3.05) is 31.8 Å². The van der Waals surface area contributed by atoms with Gasteiger partial charge < -0.3 is 45.3 Å². The quantitative estimate of drug-likeness (QED) is 0.104. The van der Waals surface area contributed by atoms with Crippen molar-refractivity contribution in [2.24, 2.45) is 0 Å². The fraction of sp³-hybridized carbons (Fsp3) is 0.591. The molecule has 244 valence electrons. The molecule has 0 saturated carbocycles. The lowest BCUT2D eigenvalue weighted by Crippen LogP contribution is -2.44. The number of halogens is 1. The maximum atomic E-state index is 15.7. The number of aromatic nitrogens is 9. The van der Waals surface area contributed by atoms with Gasteiger partial charge in [-0.05, 0) is 25.2 Å². The van der Waals surface area contributed by atoms with Gasteiger partial charge in [0.25, 0.3) is 5.56 Å². The van der Waals surface area contributed by atoms with E-state index in [0.717, 1.165) is 4.68 Å². The smallest absolute Gasteiger partial charge is 0.325 e. The number of anilines is 2. The van der Waals surface area contributed by atoms with Crippen LogP contribution in [-0.2, 0) is 35.1 Å². The van der Waals surface area contributed by atoms with Crippen LogP contribution in [0.25, 0.3) is 22.3 Å². The summed E-state index contributed by atoms with van der Waals surface area (Å²) in [4.78, 5) is 42.0. The number of nitrogens with one attached hydrogen (secondary N) is 1.